The zero-order valence-electron chi connectivity index (χ0n) is 9.82. The highest BCUT2D eigenvalue weighted by Gasteiger charge is 2.23. The van der Waals surface area contributed by atoms with E-state index < -0.39 is 0 Å². The van der Waals surface area contributed by atoms with Crippen LogP contribution in [0.15, 0.2) is 24.3 Å². The molecule has 17 heavy (non-hydrogen) atoms. The van der Waals surface area contributed by atoms with Crippen molar-refractivity contribution in [2.75, 3.05) is 18.5 Å². The molecule has 1 aliphatic heterocycles. The molecule has 3 N–H and O–H groups in total. The molecule has 0 aliphatic carbocycles. The van der Waals surface area contributed by atoms with Gasteiger partial charge in [-0.05, 0) is 43.5 Å². The first-order valence-corrected chi connectivity index (χ1v) is 6.01. The molecule has 1 heterocycles. The van der Waals surface area contributed by atoms with E-state index >= 15 is 0 Å². The average Bonchev–Trinajstić information content (AvgIpc) is 2.86. The summed E-state index contributed by atoms with van der Waals surface area (Å²) in [7, 11) is 0. The van der Waals surface area contributed by atoms with Crippen molar-refractivity contribution in [3.8, 4) is 0 Å². The molecule has 1 atom stereocenters. The largest absolute Gasteiger partial charge is 0.368 e. The molecule has 1 aromatic rings. The normalized spacial score (nSPS) is 19.2. The number of anilines is 1. The maximum absolute atomic E-state index is 11.8. The summed E-state index contributed by atoms with van der Waals surface area (Å²) in [6.45, 7) is 1.33. The van der Waals surface area contributed by atoms with Crippen molar-refractivity contribution in [2.45, 2.75) is 25.4 Å². The van der Waals surface area contributed by atoms with E-state index in [9.17, 15) is 4.79 Å². The Bertz CT molecular complexity index is 370. The van der Waals surface area contributed by atoms with Gasteiger partial charge in [0.05, 0.1) is 0 Å². The quantitative estimate of drug-likeness (QED) is 0.825. The van der Waals surface area contributed by atoms with E-state index in [-0.39, 0.29) is 12.0 Å². The third-order valence-corrected chi connectivity index (χ3v) is 2.88. The van der Waals surface area contributed by atoms with Crippen LogP contribution in [0.1, 0.15) is 18.4 Å². The molecule has 1 saturated heterocycles. The van der Waals surface area contributed by atoms with Crippen LogP contribution in [0, 0.1) is 0 Å². The Hall–Kier alpha value is -1.39. The molecule has 1 aromatic carbocycles. The number of hydrogen-bond donors (Lipinski definition) is 2. The number of rotatable bonds is 4. The molecule has 1 unspecified atom stereocenters. The molecule has 1 fully saturated rings. The molecule has 0 bridgehead atoms. The number of carbonyl (C=O) groups excluding carboxylic acids is 1. The summed E-state index contributed by atoms with van der Waals surface area (Å²) in [5.41, 5.74) is 7.47. The number of benzene rings is 1. The predicted octanol–water partition coefficient (Wildman–Crippen LogP) is 1.31. The highest BCUT2D eigenvalue weighted by atomic mass is 16.5. The monoisotopic (exact) mass is 234 g/mol. The minimum absolute atomic E-state index is 0.0472. The molecule has 2 rings (SSSR count). The second kappa shape index (κ2) is 5.80. The summed E-state index contributed by atoms with van der Waals surface area (Å²) in [5, 5.41) is 2.86. The van der Waals surface area contributed by atoms with Gasteiger partial charge in [0, 0.05) is 12.3 Å². The number of carbonyl (C=O) groups is 1. The van der Waals surface area contributed by atoms with E-state index in [0.717, 1.165) is 24.9 Å². The molecule has 1 aliphatic rings. The van der Waals surface area contributed by atoms with Crippen LogP contribution in [0.25, 0.3) is 0 Å². The van der Waals surface area contributed by atoms with E-state index in [1.165, 1.54) is 5.56 Å². The van der Waals surface area contributed by atoms with Gasteiger partial charge in [0.2, 0.25) is 0 Å². The van der Waals surface area contributed by atoms with Crippen molar-refractivity contribution < 1.29 is 9.53 Å². The van der Waals surface area contributed by atoms with Gasteiger partial charge in [0.15, 0.2) is 0 Å². The molecular formula is C13H18N2O2. The van der Waals surface area contributed by atoms with Gasteiger partial charge in [-0.1, -0.05) is 12.1 Å². The second-order valence-corrected chi connectivity index (χ2v) is 4.23. The lowest BCUT2D eigenvalue weighted by molar-refractivity contribution is -0.124. The first kappa shape index (κ1) is 12.1. The highest BCUT2D eigenvalue weighted by molar-refractivity contribution is 5.94. The topological polar surface area (TPSA) is 64.3 Å². The number of nitrogens with one attached hydrogen (secondary N) is 1. The lowest BCUT2D eigenvalue weighted by atomic mass is 10.1. The molecule has 4 heteroatoms. The van der Waals surface area contributed by atoms with E-state index in [4.69, 9.17) is 10.5 Å². The van der Waals surface area contributed by atoms with Crippen LogP contribution in [0.4, 0.5) is 5.69 Å². The summed E-state index contributed by atoms with van der Waals surface area (Å²) in [6.07, 6.45) is 2.36. The second-order valence-electron chi connectivity index (χ2n) is 4.23. The van der Waals surface area contributed by atoms with Gasteiger partial charge >= 0.3 is 0 Å². The van der Waals surface area contributed by atoms with Crippen LogP contribution >= 0.6 is 0 Å². The van der Waals surface area contributed by atoms with Crippen molar-refractivity contribution in [3.05, 3.63) is 29.8 Å². The van der Waals surface area contributed by atoms with Gasteiger partial charge in [-0.25, -0.2) is 0 Å². The minimum atomic E-state index is -0.279. The lowest BCUT2D eigenvalue weighted by Crippen LogP contribution is -2.26. The highest BCUT2D eigenvalue weighted by Crippen LogP contribution is 2.15. The summed E-state index contributed by atoms with van der Waals surface area (Å²) in [6, 6.07) is 7.77. The molecule has 92 valence electrons. The minimum Gasteiger partial charge on any atom is -0.368 e. The van der Waals surface area contributed by atoms with Crippen molar-refractivity contribution in [1.29, 1.82) is 0 Å². The average molecular weight is 234 g/mol. The van der Waals surface area contributed by atoms with Crippen LogP contribution in [0.2, 0.25) is 0 Å². The van der Waals surface area contributed by atoms with Gasteiger partial charge in [-0.2, -0.15) is 0 Å². The van der Waals surface area contributed by atoms with Crippen molar-refractivity contribution in [2.24, 2.45) is 5.73 Å². The number of ether oxygens (including phenoxy) is 1. The number of nitrogens with two attached hydrogens (primary N) is 1. The molecule has 0 aromatic heterocycles. The third kappa shape index (κ3) is 3.28. The van der Waals surface area contributed by atoms with E-state index in [1.54, 1.807) is 0 Å². The van der Waals surface area contributed by atoms with Gasteiger partial charge in [-0.15, -0.1) is 0 Å². The van der Waals surface area contributed by atoms with E-state index in [0.29, 0.717) is 13.2 Å². The number of amides is 1. The summed E-state index contributed by atoms with van der Waals surface area (Å²) >= 11 is 0. The van der Waals surface area contributed by atoms with Crippen molar-refractivity contribution >= 4 is 11.6 Å². The fraction of sp³-hybridized carbons (Fsp3) is 0.462. The van der Waals surface area contributed by atoms with Crippen LogP contribution in [-0.4, -0.2) is 25.2 Å². The Kier molecular flexibility index (Phi) is 4.12. The maximum atomic E-state index is 11.8. The van der Waals surface area contributed by atoms with Gasteiger partial charge in [0.25, 0.3) is 5.91 Å². The van der Waals surface area contributed by atoms with Gasteiger partial charge in [-0.3, -0.25) is 4.79 Å². The van der Waals surface area contributed by atoms with Gasteiger partial charge < -0.3 is 15.8 Å². The van der Waals surface area contributed by atoms with Crippen LogP contribution in [0.5, 0.6) is 0 Å². The molecule has 0 radical (unpaired) electrons. The van der Waals surface area contributed by atoms with Crippen LogP contribution < -0.4 is 11.1 Å². The molecular weight excluding hydrogens is 216 g/mol. The van der Waals surface area contributed by atoms with Crippen LogP contribution in [0.3, 0.4) is 0 Å². The van der Waals surface area contributed by atoms with Gasteiger partial charge in [0.1, 0.15) is 6.10 Å². The Morgan fingerprint density at radius 3 is 2.76 bits per heavy atom. The maximum Gasteiger partial charge on any atom is 0.253 e. The molecule has 4 nitrogen and oxygen atoms in total. The molecule has 1 amide bonds. The van der Waals surface area contributed by atoms with Crippen molar-refractivity contribution in [3.63, 3.8) is 0 Å². The van der Waals surface area contributed by atoms with Crippen LogP contribution in [-0.2, 0) is 16.0 Å². The Balaban J connectivity index is 1.91. The summed E-state index contributed by atoms with van der Waals surface area (Å²) in [5.74, 6) is -0.0472. The predicted molar refractivity (Wildman–Crippen MR) is 66.8 cm³/mol. The zero-order valence-corrected chi connectivity index (χ0v) is 9.82. The third-order valence-electron chi connectivity index (χ3n) is 2.88. The fourth-order valence-electron chi connectivity index (χ4n) is 1.93. The fourth-order valence-corrected chi connectivity index (χ4v) is 1.93. The summed E-state index contributed by atoms with van der Waals surface area (Å²) in [4.78, 5) is 11.8. The first-order valence-electron chi connectivity index (χ1n) is 6.01. The Morgan fingerprint density at radius 2 is 2.18 bits per heavy atom. The molecule has 0 spiro atoms. The standard InChI is InChI=1S/C13H18N2O2/c14-8-7-10-3-5-11(6-4-10)15-13(16)12-2-1-9-17-12/h3-6,12H,1-2,7-9,14H2,(H,15,16). The zero-order chi connectivity index (χ0) is 12.1. The Labute approximate surface area is 101 Å². The van der Waals surface area contributed by atoms with E-state index in [2.05, 4.69) is 5.32 Å². The molecule has 0 saturated carbocycles. The smallest absolute Gasteiger partial charge is 0.253 e. The van der Waals surface area contributed by atoms with Crippen molar-refractivity contribution in [1.82, 2.24) is 0 Å². The lowest BCUT2D eigenvalue weighted by Gasteiger charge is -2.10. The first-order chi connectivity index (χ1) is 8.29. The Morgan fingerprint density at radius 1 is 1.41 bits per heavy atom. The SMILES string of the molecule is NCCc1ccc(NC(=O)C2CCCO2)cc1. The summed E-state index contributed by atoms with van der Waals surface area (Å²) < 4.78 is 5.32. The van der Waals surface area contributed by atoms with E-state index in [1.807, 2.05) is 24.3 Å². The number of hydrogen-bond acceptors (Lipinski definition) is 3.